The molecule has 0 amide bonds. The number of hydrogen-bond donors (Lipinski definition) is 0. The van der Waals surface area contributed by atoms with Crippen molar-refractivity contribution in [2.24, 2.45) is 4.99 Å². The van der Waals surface area contributed by atoms with Gasteiger partial charge in [-0.1, -0.05) is 6.07 Å². The van der Waals surface area contributed by atoms with Gasteiger partial charge in [0.1, 0.15) is 0 Å². The van der Waals surface area contributed by atoms with Crippen molar-refractivity contribution in [3.8, 4) is 6.07 Å². The zero-order valence-corrected chi connectivity index (χ0v) is 6.64. The van der Waals surface area contributed by atoms with Crippen LogP contribution in [0.3, 0.4) is 0 Å². The van der Waals surface area contributed by atoms with Crippen molar-refractivity contribution in [2.75, 3.05) is 6.54 Å². The summed E-state index contributed by atoms with van der Waals surface area (Å²) in [5.74, 6) is 0. The lowest BCUT2D eigenvalue weighted by atomic mass is 10.4. The summed E-state index contributed by atoms with van der Waals surface area (Å²) in [6, 6.07) is 7.65. The average Bonchev–Trinajstić information content (AvgIpc) is 2.14. The number of aromatic nitrogens is 1. The van der Waals surface area contributed by atoms with Crippen LogP contribution in [0.5, 0.6) is 0 Å². The largest absolute Gasteiger partial charge is 0.290 e. The Morgan fingerprint density at radius 3 is 3.17 bits per heavy atom. The Morgan fingerprint density at radius 1 is 1.58 bits per heavy atom. The summed E-state index contributed by atoms with van der Waals surface area (Å²) in [4.78, 5) is 8.07. The third-order valence-corrected chi connectivity index (χ3v) is 1.26. The van der Waals surface area contributed by atoms with Crippen molar-refractivity contribution < 1.29 is 0 Å². The van der Waals surface area contributed by atoms with E-state index in [0.717, 1.165) is 5.69 Å². The highest BCUT2D eigenvalue weighted by Crippen LogP contribution is 1.88. The van der Waals surface area contributed by atoms with Crippen LogP contribution in [0.1, 0.15) is 12.1 Å². The molecule has 1 heterocycles. The fourth-order valence-electron chi connectivity index (χ4n) is 0.725. The maximum Gasteiger partial charge on any atom is 0.0807 e. The van der Waals surface area contributed by atoms with Gasteiger partial charge in [0.15, 0.2) is 0 Å². The molecule has 3 nitrogen and oxygen atoms in total. The molecule has 0 saturated carbocycles. The number of nitriles is 1. The van der Waals surface area contributed by atoms with E-state index in [0.29, 0.717) is 13.0 Å². The van der Waals surface area contributed by atoms with Gasteiger partial charge in [0.05, 0.1) is 24.7 Å². The zero-order chi connectivity index (χ0) is 8.65. The van der Waals surface area contributed by atoms with Crippen molar-refractivity contribution in [2.45, 2.75) is 6.42 Å². The quantitative estimate of drug-likeness (QED) is 0.494. The summed E-state index contributed by atoms with van der Waals surface area (Å²) >= 11 is 0. The number of rotatable bonds is 3. The fraction of sp³-hybridized carbons (Fsp3) is 0.222. The predicted molar refractivity (Wildman–Crippen MR) is 46.9 cm³/mol. The lowest BCUT2D eigenvalue weighted by Gasteiger charge is -1.88. The number of pyridine rings is 1. The molecule has 0 unspecified atom stereocenters. The molecule has 0 bridgehead atoms. The van der Waals surface area contributed by atoms with Crippen molar-refractivity contribution in [3.63, 3.8) is 0 Å². The van der Waals surface area contributed by atoms with Gasteiger partial charge in [-0.15, -0.1) is 0 Å². The Bertz CT molecular complexity index is 284. The molecule has 0 fully saturated rings. The van der Waals surface area contributed by atoms with Crippen LogP contribution in [0.4, 0.5) is 0 Å². The predicted octanol–water partition coefficient (Wildman–Crippen LogP) is 1.41. The van der Waals surface area contributed by atoms with Crippen LogP contribution in [0.25, 0.3) is 0 Å². The molecular weight excluding hydrogens is 150 g/mol. The topological polar surface area (TPSA) is 49.0 Å². The highest BCUT2D eigenvalue weighted by molar-refractivity contribution is 5.76. The highest BCUT2D eigenvalue weighted by Gasteiger charge is 1.83. The van der Waals surface area contributed by atoms with Gasteiger partial charge in [0.2, 0.25) is 0 Å². The molecule has 0 N–H and O–H groups in total. The van der Waals surface area contributed by atoms with Gasteiger partial charge in [-0.25, -0.2) is 0 Å². The molecule has 12 heavy (non-hydrogen) atoms. The summed E-state index contributed by atoms with van der Waals surface area (Å²) < 4.78 is 0. The number of aliphatic imine (C=N–C) groups is 1. The fourth-order valence-corrected chi connectivity index (χ4v) is 0.725. The molecule has 0 spiro atoms. The maximum atomic E-state index is 8.22. The zero-order valence-electron chi connectivity index (χ0n) is 6.64. The van der Waals surface area contributed by atoms with Crippen molar-refractivity contribution in [3.05, 3.63) is 30.1 Å². The number of nitrogens with zero attached hydrogens (tertiary/aromatic N) is 3. The molecule has 1 aromatic rings. The van der Waals surface area contributed by atoms with Crippen LogP contribution in [0.2, 0.25) is 0 Å². The normalized spacial score (nSPS) is 9.92. The lowest BCUT2D eigenvalue weighted by Crippen LogP contribution is -1.86. The van der Waals surface area contributed by atoms with Gasteiger partial charge in [-0.2, -0.15) is 5.26 Å². The Labute approximate surface area is 71.4 Å². The molecule has 1 rings (SSSR count). The second-order valence-electron chi connectivity index (χ2n) is 2.20. The van der Waals surface area contributed by atoms with E-state index in [2.05, 4.69) is 9.98 Å². The molecule has 0 aromatic carbocycles. The van der Waals surface area contributed by atoms with Crippen molar-refractivity contribution in [1.82, 2.24) is 4.98 Å². The Balaban J connectivity index is 2.43. The first-order valence-corrected chi connectivity index (χ1v) is 3.71. The van der Waals surface area contributed by atoms with Gasteiger partial charge in [0.25, 0.3) is 0 Å². The number of hydrogen-bond acceptors (Lipinski definition) is 3. The molecule has 1 aromatic heterocycles. The molecule has 0 atom stereocenters. The van der Waals surface area contributed by atoms with Crippen molar-refractivity contribution >= 4 is 6.21 Å². The van der Waals surface area contributed by atoms with Crippen LogP contribution in [-0.2, 0) is 0 Å². The Hall–Kier alpha value is -1.69. The monoisotopic (exact) mass is 159 g/mol. The van der Waals surface area contributed by atoms with E-state index in [4.69, 9.17) is 5.26 Å². The molecule has 0 radical (unpaired) electrons. The third kappa shape index (κ3) is 2.93. The van der Waals surface area contributed by atoms with Gasteiger partial charge < -0.3 is 0 Å². The molecule has 3 heteroatoms. The van der Waals surface area contributed by atoms with Crippen LogP contribution in [-0.4, -0.2) is 17.7 Å². The van der Waals surface area contributed by atoms with E-state index >= 15 is 0 Å². The van der Waals surface area contributed by atoms with Gasteiger partial charge in [0, 0.05) is 12.4 Å². The van der Waals surface area contributed by atoms with E-state index in [1.54, 1.807) is 12.4 Å². The first kappa shape index (κ1) is 8.41. The summed E-state index contributed by atoms with van der Waals surface area (Å²) in [6.07, 6.45) is 3.85. The smallest absolute Gasteiger partial charge is 0.0807 e. The second-order valence-corrected chi connectivity index (χ2v) is 2.20. The van der Waals surface area contributed by atoms with Gasteiger partial charge >= 0.3 is 0 Å². The average molecular weight is 159 g/mol. The molecule has 0 saturated heterocycles. The highest BCUT2D eigenvalue weighted by atomic mass is 14.7. The standard InChI is InChI=1S/C9H9N3/c10-5-3-6-11-8-9-4-1-2-7-12-9/h1-2,4,7-8H,3,6H2. The minimum absolute atomic E-state index is 0.462. The molecular formula is C9H9N3. The second kappa shape index (κ2) is 5.03. The van der Waals surface area contributed by atoms with Crippen LogP contribution < -0.4 is 0 Å². The molecule has 0 aliphatic rings. The van der Waals surface area contributed by atoms with Gasteiger partial charge in [-0.05, 0) is 12.1 Å². The van der Waals surface area contributed by atoms with Gasteiger partial charge in [-0.3, -0.25) is 9.98 Å². The first-order chi connectivity index (χ1) is 5.93. The summed E-state index contributed by atoms with van der Waals surface area (Å²) in [6.45, 7) is 0.549. The molecule has 0 aliphatic carbocycles. The summed E-state index contributed by atoms with van der Waals surface area (Å²) in [5, 5.41) is 8.22. The van der Waals surface area contributed by atoms with Crippen LogP contribution in [0.15, 0.2) is 29.4 Å². The van der Waals surface area contributed by atoms with Crippen LogP contribution in [0, 0.1) is 11.3 Å². The minimum Gasteiger partial charge on any atom is -0.290 e. The Kier molecular flexibility index (Phi) is 3.52. The first-order valence-electron chi connectivity index (χ1n) is 3.71. The minimum atomic E-state index is 0.462. The van der Waals surface area contributed by atoms with E-state index < -0.39 is 0 Å². The summed E-state index contributed by atoms with van der Waals surface area (Å²) in [7, 11) is 0. The van der Waals surface area contributed by atoms with Crippen LogP contribution >= 0.6 is 0 Å². The van der Waals surface area contributed by atoms with E-state index in [-0.39, 0.29) is 0 Å². The van der Waals surface area contributed by atoms with E-state index in [1.807, 2.05) is 24.3 Å². The lowest BCUT2D eigenvalue weighted by molar-refractivity contribution is 1.02. The SMILES string of the molecule is N#CCCN=Cc1ccccn1. The molecule has 60 valence electrons. The Morgan fingerprint density at radius 2 is 2.50 bits per heavy atom. The van der Waals surface area contributed by atoms with Crippen molar-refractivity contribution in [1.29, 1.82) is 5.26 Å². The summed E-state index contributed by atoms with van der Waals surface area (Å²) in [5.41, 5.74) is 0.829. The van der Waals surface area contributed by atoms with E-state index in [9.17, 15) is 0 Å². The third-order valence-electron chi connectivity index (χ3n) is 1.26. The molecule has 0 aliphatic heterocycles. The van der Waals surface area contributed by atoms with E-state index in [1.165, 1.54) is 0 Å². The maximum absolute atomic E-state index is 8.22.